The van der Waals surface area contributed by atoms with E-state index in [-0.39, 0.29) is 12.3 Å². The van der Waals surface area contributed by atoms with E-state index in [9.17, 15) is 4.79 Å². The van der Waals surface area contributed by atoms with Gasteiger partial charge in [0.15, 0.2) is 5.78 Å². The standard InChI is InChI=1S/C16H18N2O/c17-12-16(18,14-9-5-2-6-10-14)15(19)11-13-7-3-1-4-8-13/h1-10H,11-12,17-18H2. The Balaban J connectivity index is 2.24. The summed E-state index contributed by atoms with van der Waals surface area (Å²) < 4.78 is 0. The van der Waals surface area contributed by atoms with Crippen molar-refractivity contribution in [3.05, 3.63) is 71.8 Å². The molecule has 0 radical (unpaired) electrons. The van der Waals surface area contributed by atoms with Crippen molar-refractivity contribution >= 4 is 5.78 Å². The maximum Gasteiger partial charge on any atom is 0.162 e. The summed E-state index contributed by atoms with van der Waals surface area (Å²) in [5.41, 5.74) is 12.6. The van der Waals surface area contributed by atoms with E-state index in [1.807, 2.05) is 60.7 Å². The minimum absolute atomic E-state index is 0.0626. The molecular formula is C16H18N2O. The molecule has 2 rings (SSSR count). The molecule has 0 bridgehead atoms. The van der Waals surface area contributed by atoms with Crippen molar-refractivity contribution in [3.8, 4) is 0 Å². The van der Waals surface area contributed by atoms with Gasteiger partial charge in [-0.1, -0.05) is 60.7 Å². The van der Waals surface area contributed by atoms with Gasteiger partial charge in [0.05, 0.1) is 0 Å². The maximum absolute atomic E-state index is 12.5. The molecule has 98 valence electrons. The Morgan fingerprint density at radius 2 is 1.47 bits per heavy atom. The zero-order valence-electron chi connectivity index (χ0n) is 10.8. The van der Waals surface area contributed by atoms with Gasteiger partial charge in [-0.15, -0.1) is 0 Å². The second-order valence-electron chi connectivity index (χ2n) is 4.63. The van der Waals surface area contributed by atoms with Gasteiger partial charge in [0.25, 0.3) is 0 Å². The lowest BCUT2D eigenvalue weighted by Gasteiger charge is -2.27. The first kappa shape index (κ1) is 13.5. The number of ketones is 1. The summed E-state index contributed by atoms with van der Waals surface area (Å²) >= 11 is 0. The Labute approximate surface area is 113 Å². The number of Topliss-reactive ketones (excluding diaryl/α,β-unsaturated/α-hetero) is 1. The minimum Gasteiger partial charge on any atom is -0.328 e. The fraction of sp³-hybridized carbons (Fsp3) is 0.188. The Bertz CT molecular complexity index is 539. The van der Waals surface area contributed by atoms with Crippen LogP contribution in [0.5, 0.6) is 0 Å². The van der Waals surface area contributed by atoms with Crippen LogP contribution in [0.1, 0.15) is 11.1 Å². The number of benzene rings is 2. The van der Waals surface area contributed by atoms with Crippen LogP contribution in [0.25, 0.3) is 0 Å². The maximum atomic E-state index is 12.5. The van der Waals surface area contributed by atoms with Crippen molar-refractivity contribution in [2.75, 3.05) is 6.54 Å². The van der Waals surface area contributed by atoms with Gasteiger partial charge in [-0.3, -0.25) is 4.79 Å². The number of rotatable bonds is 5. The highest BCUT2D eigenvalue weighted by molar-refractivity contribution is 5.91. The summed E-state index contributed by atoms with van der Waals surface area (Å²) in [5, 5.41) is 0. The number of nitrogens with two attached hydrogens (primary N) is 2. The molecule has 3 nitrogen and oxygen atoms in total. The van der Waals surface area contributed by atoms with Gasteiger partial charge in [0, 0.05) is 13.0 Å². The Morgan fingerprint density at radius 1 is 0.947 bits per heavy atom. The summed E-state index contributed by atoms with van der Waals surface area (Å²) in [5.74, 6) is -0.0626. The van der Waals surface area contributed by atoms with Gasteiger partial charge in [-0.25, -0.2) is 0 Å². The van der Waals surface area contributed by atoms with Crippen LogP contribution in [0.4, 0.5) is 0 Å². The van der Waals surface area contributed by atoms with E-state index in [0.29, 0.717) is 6.42 Å². The van der Waals surface area contributed by atoms with Gasteiger partial charge in [-0.05, 0) is 11.1 Å². The van der Waals surface area contributed by atoms with Crippen molar-refractivity contribution in [1.29, 1.82) is 0 Å². The van der Waals surface area contributed by atoms with E-state index in [0.717, 1.165) is 11.1 Å². The molecule has 1 unspecified atom stereocenters. The van der Waals surface area contributed by atoms with E-state index >= 15 is 0 Å². The molecule has 0 fully saturated rings. The van der Waals surface area contributed by atoms with E-state index in [1.54, 1.807) is 0 Å². The minimum atomic E-state index is -1.11. The predicted octanol–water partition coefficient (Wildman–Crippen LogP) is 1.61. The molecule has 0 saturated carbocycles. The van der Waals surface area contributed by atoms with Crippen molar-refractivity contribution in [2.24, 2.45) is 11.5 Å². The van der Waals surface area contributed by atoms with Crippen LogP contribution in [0, 0.1) is 0 Å². The van der Waals surface area contributed by atoms with Crippen molar-refractivity contribution < 1.29 is 4.79 Å². The summed E-state index contributed by atoms with van der Waals surface area (Å²) in [6.45, 7) is 0.0999. The number of carbonyl (C=O) groups is 1. The summed E-state index contributed by atoms with van der Waals surface area (Å²) in [6, 6.07) is 18.9. The molecule has 4 N–H and O–H groups in total. The summed E-state index contributed by atoms with van der Waals surface area (Å²) in [4.78, 5) is 12.5. The van der Waals surface area contributed by atoms with Crippen LogP contribution in [0.3, 0.4) is 0 Å². The van der Waals surface area contributed by atoms with Crippen molar-refractivity contribution in [1.82, 2.24) is 0 Å². The lowest BCUT2D eigenvalue weighted by atomic mass is 9.84. The third kappa shape index (κ3) is 2.89. The van der Waals surface area contributed by atoms with Crippen LogP contribution in [0.15, 0.2) is 60.7 Å². The van der Waals surface area contributed by atoms with Crippen LogP contribution >= 0.6 is 0 Å². The largest absolute Gasteiger partial charge is 0.328 e. The van der Waals surface area contributed by atoms with Crippen molar-refractivity contribution in [3.63, 3.8) is 0 Å². The molecule has 0 aromatic heterocycles. The van der Waals surface area contributed by atoms with E-state index in [2.05, 4.69) is 0 Å². The summed E-state index contributed by atoms with van der Waals surface area (Å²) in [7, 11) is 0. The highest BCUT2D eigenvalue weighted by atomic mass is 16.1. The lowest BCUT2D eigenvalue weighted by molar-refractivity contribution is -0.123. The van der Waals surface area contributed by atoms with Crippen LogP contribution < -0.4 is 11.5 Å². The molecular weight excluding hydrogens is 236 g/mol. The lowest BCUT2D eigenvalue weighted by Crippen LogP contribution is -2.51. The SMILES string of the molecule is NCC(N)(C(=O)Cc1ccccc1)c1ccccc1. The fourth-order valence-corrected chi connectivity index (χ4v) is 2.07. The van der Waals surface area contributed by atoms with Gasteiger partial charge >= 0.3 is 0 Å². The zero-order chi connectivity index (χ0) is 13.7. The normalized spacial score (nSPS) is 13.8. The second kappa shape index (κ2) is 5.78. The first-order chi connectivity index (χ1) is 9.16. The molecule has 1 atom stereocenters. The topological polar surface area (TPSA) is 69.1 Å². The molecule has 3 heteroatoms. The molecule has 2 aromatic carbocycles. The molecule has 0 saturated heterocycles. The van der Waals surface area contributed by atoms with E-state index in [1.165, 1.54) is 0 Å². The molecule has 0 aliphatic heterocycles. The first-order valence-electron chi connectivity index (χ1n) is 6.28. The van der Waals surface area contributed by atoms with E-state index in [4.69, 9.17) is 11.5 Å². The quantitative estimate of drug-likeness (QED) is 0.851. The monoisotopic (exact) mass is 254 g/mol. The molecule has 0 spiro atoms. The predicted molar refractivity (Wildman–Crippen MR) is 76.5 cm³/mol. The Morgan fingerprint density at radius 3 is 2.00 bits per heavy atom. The Kier molecular flexibility index (Phi) is 4.10. The van der Waals surface area contributed by atoms with E-state index < -0.39 is 5.54 Å². The fourth-order valence-electron chi connectivity index (χ4n) is 2.07. The van der Waals surface area contributed by atoms with Gasteiger partial charge in [0.2, 0.25) is 0 Å². The Hall–Kier alpha value is -1.97. The van der Waals surface area contributed by atoms with Gasteiger partial charge in [0.1, 0.15) is 5.54 Å². The van der Waals surface area contributed by atoms with Gasteiger partial charge < -0.3 is 11.5 Å². The third-order valence-corrected chi connectivity index (χ3v) is 3.32. The van der Waals surface area contributed by atoms with Crippen LogP contribution in [0.2, 0.25) is 0 Å². The summed E-state index contributed by atoms with van der Waals surface area (Å²) in [6.07, 6.45) is 0.295. The highest BCUT2D eigenvalue weighted by Crippen LogP contribution is 2.20. The van der Waals surface area contributed by atoms with Crippen LogP contribution in [-0.4, -0.2) is 12.3 Å². The molecule has 19 heavy (non-hydrogen) atoms. The molecule has 0 aliphatic rings. The number of hydrogen-bond donors (Lipinski definition) is 2. The smallest absolute Gasteiger partial charge is 0.162 e. The average Bonchev–Trinajstić information content (AvgIpc) is 2.48. The molecule has 0 heterocycles. The molecule has 2 aromatic rings. The average molecular weight is 254 g/mol. The first-order valence-corrected chi connectivity index (χ1v) is 6.28. The molecule has 0 aliphatic carbocycles. The van der Waals surface area contributed by atoms with Gasteiger partial charge in [-0.2, -0.15) is 0 Å². The highest BCUT2D eigenvalue weighted by Gasteiger charge is 2.33. The molecule has 0 amide bonds. The third-order valence-electron chi connectivity index (χ3n) is 3.32. The number of hydrogen-bond acceptors (Lipinski definition) is 3. The van der Waals surface area contributed by atoms with Crippen LogP contribution in [-0.2, 0) is 16.8 Å². The number of carbonyl (C=O) groups excluding carboxylic acids is 1. The second-order valence-corrected chi connectivity index (χ2v) is 4.63. The van der Waals surface area contributed by atoms with Crippen molar-refractivity contribution in [2.45, 2.75) is 12.0 Å². The zero-order valence-corrected chi connectivity index (χ0v) is 10.8.